The number of para-hydroxylation sites is 1. The molecule has 0 aliphatic rings. The van der Waals surface area contributed by atoms with Gasteiger partial charge < -0.3 is 10.2 Å². The van der Waals surface area contributed by atoms with Gasteiger partial charge in [-0.1, -0.05) is 30.4 Å². The molecule has 0 fully saturated rings. The molecule has 0 spiro atoms. The van der Waals surface area contributed by atoms with Crippen LogP contribution in [0.4, 0.5) is 18.9 Å². The van der Waals surface area contributed by atoms with Gasteiger partial charge in [0.1, 0.15) is 6.54 Å². The van der Waals surface area contributed by atoms with Crippen LogP contribution < -0.4 is 10.2 Å². The fourth-order valence-electron chi connectivity index (χ4n) is 2.12. The van der Waals surface area contributed by atoms with Crippen molar-refractivity contribution in [3.8, 4) is 0 Å². The van der Waals surface area contributed by atoms with Crippen LogP contribution in [-0.2, 0) is 11.2 Å². The summed E-state index contributed by atoms with van der Waals surface area (Å²) in [5, 5.41) is 2.61. The first-order valence-corrected chi connectivity index (χ1v) is 7.10. The monoisotopic (exact) mass is 314 g/mol. The Labute approximate surface area is 128 Å². The molecule has 6 heteroatoms. The maximum absolute atomic E-state index is 12.8. The zero-order chi connectivity index (χ0) is 16.6. The molecule has 0 radical (unpaired) electrons. The summed E-state index contributed by atoms with van der Waals surface area (Å²) in [5.41, 5.74) is 1.05. The number of benzene rings is 1. The van der Waals surface area contributed by atoms with Crippen LogP contribution >= 0.6 is 0 Å². The largest absolute Gasteiger partial charge is 0.406 e. The number of nitrogens with one attached hydrogen (secondary N) is 1. The molecule has 0 unspecified atom stereocenters. The second-order valence-electron chi connectivity index (χ2n) is 4.86. The first kappa shape index (κ1) is 18.2. The maximum atomic E-state index is 12.8. The summed E-state index contributed by atoms with van der Waals surface area (Å²) in [6.07, 6.45) is 0.692. The molecule has 0 saturated heterocycles. The molecule has 0 aliphatic carbocycles. The highest BCUT2D eigenvalue weighted by Crippen LogP contribution is 2.26. The van der Waals surface area contributed by atoms with Gasteiger partial charge in [-0.2, -0.15) is 13.2 Å². The van der Waals surface area contributed by atoms with Crippen molar-refractivity contribution in [3.05, 3.63) is 42.0 Å². The second-order valence-corrected chi connectivity index (χ2v) is 4.86. The number of aryl methyl sites for hydroxylation is 1. The highest BCUT2D eigenvalue weighted by Gasteiger charge is 2.34. The quantitative estimate of drug-likeness (QED) is 0.783. The molecule has 122 valence electrons. The first-order chi connectivity index (χ1) is 10.4. The fraction of sp³-hybridized carbons (Fsp3) is 0.438. The van der Waals surface area contributed by atoms with Gasteiger partial charge in [0.05, 0.1) is 6.54 Å². The van der Waals surface area contributed by atoms with Crippen molar-refractivity contribution >= 4 is 11.6 Å². The number of hydrogen-bond acceptors (Lipinski definition) is 2. The lowest BCUT2D eigenvalue weighted by atomic mass is 10.1. The van der Waals surface area contributed by atoms with Crippen LogP contribution in [0.5, 0.6) is 0 Å². The Morgan fingerprint density at radius 1 is 1.32 bits per heavy atom. The number of likely N-dealkylation sites (N-methyl/N-ethyl adjacent to an activating group) is 1. The van der Waals surface area contributed by atoms with E-state index >= 15 is 0 Å². The Morgan fingerprint density at radius 3 is 2.59 bits per heavy atom. The molecule has 1 rings (SSSR count). The number of hydrogen-bond donors (Lipinski definition) is 1. The molecule has 0 heterocycles. The lowest BCUT2D eigenvalue weighted by molar-refractivity contribution is -0.131. The van der Waals surface area contributed by atoms with E-state index in [-0.39, 0.29) is 6.54 Å². The predicted octanol–water partition coefficient (Wildman–Crippen LogP) is 3.31. The van der Waals surface area contributed by atoms with Crippen molar-refractivity contribution in [1.29, 1.82) is 0 Å². The van der Waals surface area contributed by atoms with Gasteiger partial charge in [0, 0.05) is 5.69 Å². The third-order valence-electron chi connectivity index (χ3n) is 3.06. The Balaban J connectivity index is 3.09. The third-order valence-corrected chi connectivity index (χ3v) is 3.06. The highest BCUT2D eigenvalue weighted by molar-refractivity contribution is 5.95. The molecule has 0 bridgehead atoms. The number of rotatable bonds is 7. The Bertz CT molecular complexity index is 512. The molecule has 1 aromatic carbocycles. The van der Waals surface area contributed by atoms with Gasteiger partial charge in [0.15, 0.2) is 0 Å². The summed E-state index contributed by atoms with van der Waals surface area (Å²) < 4.78 is 38.4. The van der Waals surface area contributed by atoms with Crippen LogP contribution in [0.3, 0.4) is 0 Å². The number of alkyl halides is 3. The topological polar surface area (TPSA) is 32.3 Å². The van der Waals surface area contributed by atoms with E-state index in [1.165, 1.54) is 7.05 Å². The van der Waals surface area contributed by atoms with Crippen LogP contribution in [0.2, 0.25) is 0 Å². The van der Waals surface area contributed by atoms with Crippen molar-refractivity contribution in [1.82, 2.24) is 5.32 Å². The minimum absolute atomic E-state index is 0.140. The van der Waals surface area contributed by atoms with Gasteiger partial charge in [-0.25, -0.2) is 0 Å². The van der Waals surface area contributed by atoms with E-state index in [2.05, 4.69) is 5.32 Å². The van der Waals surface area contributed by atoms with E-state index in [0.29, 0.717) is 18.5 Å². The molecule has 0 atom stereocenters. The van der Waals surface area contributed by atoms with Gasteiger partial charge in [0.25, 0.3) is 0 Å². The van der Waals surface area contributed by atoms with Crippen LogP contribution in [0.1, 0.15) is 18.9 Å². The maximum Gasteiger partial charge on any atom is 0.406 e. The van der Waals surface area contributed by atoms with Gasteiger partial charge in [-0.15, -0.1) is 0 Å². The van der Waals surface area contributed by atoms with Gasteiger partial charge >= 0.3 is 6.18 Å². The lowest BCUT2D eigenvalue weighted by Crippen LogP contribution is -2.43. The number of anilines is 1. The molecule has 0 aliphatic heterocycles. The van der Waals surface area contributed by atoms with Gasteiger partial charge in [-0.05, 0) is 38.4 Å². The summed E-state index contributed by atoms with van der Waals surface area (Å²) in [5.74, 6) is -0.599. The molecule has 3 nitrogen and oxygen atoms in total. The Hall–Kier alpha value is -1.82. The van der Waals surface area contributed by atoms with E-state index in [9.17, 15) is 18.0 Å². The minimum atomic E-state index is -4.44. The number of nitrogens with zero attached hydrogens (tertiary/aromatic N) is 1. The molecular weight excluding hydrogens is 293 g/mol. The number of allylic oxidation sites excluding steroid dienone is 2. The summed E-state index contributed by atoms with van der Waals surface area (Å²) in [7, 11) is 1.53. The number of amides is 1. The van der Waals surface area contributed by atoms with Crippen LogP contribution in [0.15, 0.2) is 36.4 Å². The lowest BCUT2D eigenvalue weighted by Gasteiger charge is -2.26. The fourth-order valence-corrected chi connectivity index (χ4v) is 2.12. The van der Waals surface area contributed by atoms with E-state index < -0.39 is 18.6 Å². The third kappa shape index (κ3) is 5.89. The minimum Gasteiger partial charge on any atom is -0.311 e. The van der Waals surface area contributed by atoms with Crippen molar-refractivity contribution < 1.29 is 18.0 Å². The Kier molecular flexibility index (Phi) is 7.11. The molecule has 1 aromatic rings. The smallest absolute Gasteiger partial charge is 0.311 e. The standard InChI is InChI=1S/C16H21F3N2O/c1-3-4-5-8-13-9-6-7-10-14(13)21(12-16(17,18)19)15(22)11-20-2/h3-4,6-7,9-10,20H,5,8,11-12H2,1-2H3/b4-3-. The number of halogens is 3. The van der Waals surface area contributed by atoms with Gasteiger partial charge in [0.2, 0.25) is 5.91 Å². The van der Waals surface area contributed by atoms with Crippen molar-refractivity contribution in [3.63, 3.8) is 0 Å². The molecule has 22 heavy (non-hydrogen) atoms. The zero-order valence-electron chi connectivity index (χ0n) is 12.8. The Morgan fingerprint density at radius 2 is 2.00 bits per heavy atom. The summed E-state index contributed by atoms with van der Waals surface area (Å²) >= 11 is 0. The van der Waals surface area contributed by atoms with E-state index in [0.717, 1.165) is 10.5 Å². The predicted molar refractivity (Wildman–Crippen MR) is 81.9 cm³/mol. The highest BCUT2D eigenvalue weighted by atomic mass is 19.4. The van der Waals surface area contributed by atoms with Crippen molar-refractivity contribution in [2.75, 3.05) is 25.0 Å². The summed E-state index contributed by atoms with van der Waals surface area (Å²) in [6, 6.07) is 6.73. The second kappa shape index (κ2) is 8.58. The van der Waals surface area contributed by atoms with Crippen molar-refractivity contribution in [2.45, 2.75) is 25.9 Å². The van der Waals surface area contributed by atoms with E-state index in [1.807, 2.05) is 19.1 Å². The summed E-state index contributed by atoms with van der Waals surface area (Å²) in [4.78, 5) is 12.9. The molecule has 0 aromatic heterocycles. The average molecular weight is 314 g/mol. The number of carbonyl (C=O) groups excluding carboxylic acids is 1. The molecule has 1 N–H and O–H groups in total. The summed E-state index contributed by atoms with van der Waals surface area (Å²) in [6.45, 7) is 0.464. The van der Waals surface area contributed by atoms with Gasteiger partial charge in [-0.3, -0.25) is 4.79 Å². The van der Waals surface area contributed by atoms with E-state index in [1.54, 1.807) is 24.3 Å². The first-order valence-electron chi connectivity index (χ1n) is 7.10. The van der Waals surface area contributed by atoms with Crippen molar-refractivity contribution in [2.24, 2.45) is 0 Å². The van der Waals surface area contributed by atoms with E-state index in [4.69, 9.17) is 0 Å². The number of carbonyl (C=O) groups is 1. The van der Waals surface area contributed by atoms with Crippen LogP contribution in [0.25, 0.3) is 0 Å². The average Bonchev–Trinajstić information content (AvgIpc) is 2.45. The SMILES string of the molecule is C/C=C\CCc1ccccc1N(CC(F)(F)F)C(=O)CNC. The molecular formula is C16H21F3N2O. The van der Waals surface area contributed by atoms with Crippen LogP contribution in [-0.4, -0.2) is 32.2 Å². The normalized spacial score (nSPS) is 11.9. The molecule has 0 saturated carbocycles. The molecule has 1 amide bonds. The zero-order valence-corrected chi connectivity index (χ0v) is 12.8. The van der Waals surface area contributed by atoms with Crippen LogP contribution in [0, 0.1) is 0 Å².